The Morgan fingerprint density at radius 3 is 2.88 bits per heavy atom. The van der Waals surface area contributed by atoms with Gasteiger partial charge in [0.15, 0.2) is 5.82 Å². The molecule has 0 bridgehead atoms. The zero-order valence-electron chi connectivity index (χ0n) is 13.7. The molecule has 0 atom stereocenters. The fraction of sp³-hybridized carbons (Fsp3) is 0.500. The zero-order valence-corrected chi connectivity index (χ0v) is 14.5. The summed E-state index contributed by atoms with van der Waals surface area (Å²) in [5, 5.41) is 11.9. The summed E-state index contributed by atoms with van der Waals surface area (Å²) in [6.07, 6.45) is 5.81. The normalized spacial score (nSPS) is 26.0. The molecule has 2 aliphatic carbocycles. The van der Waals surface area contributed by atoms with Crippen LogP contribution in [0, 0.1) is 5.92 Å². The molecule has 1 amide bonds. The predicted molar refractivity (Wildman–Crippen MR) is 91.7 cm³/mol. The Bertz CT molecular complexity index is 762. The van der Waals surface area contributed by atoms with Crippen molar-refractivity contribution in [3.63, 3.8) is 0 Å². The van der Waals surface area contributed by atoms with Gasteiger partial charge in [0.2, 0.25) is 5.91 Å². The number of nitrogens with one attached hydrogen (secondary N) is 1. The zero-order chi connectivity index (χ0) is 16.7. The van der Waals surface area contributed by atoms with E-state index >= 15 is 0 Å². The van der Waals surface area contributed by atoms with E-state index in [0.29, 0.717) is 23.5 Å². The fourth-order valence-corrected chi connectivity index (χ4v) is 4.04. The van der Waals surface area contributed by atoms with Crippen LogP contribution in [0.4, 0.5) is 0 Å². The van der Waals surface area contributed by atoms with Gasteiger partial charge >= 0.3 is 0 Å². The van der Waals surface area contributed by atoms with Crippen molar-refractivity contribution in [3.8, 4) is 0 Å². The minimum atomic E-state index is -0.464. The monoisotopic (exact) mass is 344 g/mol. The molecule has 2 fully saturated rings. The number of hydrogen-bond acceptors (Lipinski definition) is 3. The van der Waals surface area contributed by atoms with E-state index in [-0.39, 0.29) is 5.91 Å². The Balaban J connectivity index is 1.51. The maximum Gasteiger partial charge on any atom is 0.231 e. The molecule has 24 heavy (non-hydrogen) atoms. The van der Waals surface area contributed by atoms with Crippen molar-refractivity contribution in [1.82, 2.24) is 20.1 Å². The summed E-state index contributed by atoms with van der Waals surface area (Å²) >= 11 is 6.14. The molecule has 0 aliphatic heterocycles. The lowest BCUT2D eigenvalue weighted by molar-refractivity contribution is -0.132. The summed E-state index contributed by atoms with van der Waals surface area (Å²) in [5.74, 6) is 1.44. The SMILES string of the molecule is CC1CC(C(=O)NCc2nncn2C2CC2)(c2cccc(Cl)c2)C1. The number of carbonyl (C=O) groups is 1. The third-order valence-corrected chi connectivity index (χ3v) is 5.44. The Morgan fingerprint density at radius 1 is 1.42 bits per heavy atom. The van der Waals surface area contributed by atoms with Gasteiger partial charge in [-0.15, -0.1) is 10.2 Å². The minimum Gasteiger partial charge on any atom is -0.348 e. The lowest BCUT2D eigenvalue weighted by Gasteiger charge is -2.45. The lowest BCUT2D eigenvalue weighted by atomic mass is 9.58. The molecule has 2 aromatic rings. The molecule has 2 saturated carbocycles. The predicted octanol–water partition coefficient (Wildman–Crippen LogP) is 3.25. The van der Waals surface area contributed by atoms with E-state index in [1.807, 2.05) is 24.3 Å². The summed E-state index contributed by atoms with van der Waals surface area (Å²) in [6.45, 7) is 2.60. The number of nitrogens with zero attached hydrogens (tertiary/aromatic N) is 3. The fourth-order valence-electron chi connectivity index (χ4n) is 3.85. The van der Waals surface area contributed by atoms with Crippen LogP contribution in [0.3, 0.4) is 0 Å². The number of benzene rings is 1. The highest BCUT2D eigenvalue weighted by molar-refractivity contribution is 6.30. The Hall–Kier alpha value is -1.88. The average Bonchev–Trinajstić information content (AvgIpc) is 3.27. The maximum absolute atomic E-state index is 13.0. The van der Waals surface area contributed by atoms with Gasteiger partial charge in [0, 0.05) is 11.1 Å². The van der Waals surface area contributed by atoms with E-state index in [1.54, 1.807) is 6.33 Å². The minimum absolute atomic E-state index is 0.0632. The van der Waals surface area contributed by atoms with Crippen LogP contribution < -0.4 is 5.32 Å². The van der Waals surface area contributed by atoms with Crippen LogP contribution in [0.1, 0.15) is 50.0 Å². The van der Waals surface area contributed by atoms with Gasteiger partial charge in [0.25, 0.3) is 0 Å². The standard InChI is InChI=1S/C18H21ClN4O/c1-12-8-18(9-12,13-3-2-4-14(19)7-13)17(24)20-10-16-22-21-11-23(16)15-5-6-15/h2-4,7,11-12,15H,5-6,8-10H2,1H3,(H,20,24). The molecule has 0 unspecified atom stereocenters. The van der Waals surface area contributed by atoms with Crippen molar-refractivity contribution >= 4 is 17.5 Å². The highest BCUT2D eigenvalue weighted by Crippen LogP contribution is 2.48. The smallest absolute Gasteiger partial charge is 0.231 e. The highest BCUT2D eigenvalue weighted by atomic mass is 35.5. The van der Waals surface area contributed by atoms with Gasteiger partial charge in [-0.05, 0) is 49.3 Å². The number of amides is 1. The van der Waals surface area contributed by atoms with Crippen LogP contribution in [-0.2, 0) is 16.8 Å². The molecule has 1 aromatic carbocycles. The van der Waals surface area contributed by atoms with Gasteiger partial charge in [0.1, 0.15) is 6.33 Å². The first kappa shape index (κ1) is 15.6. The van der Waals surface area contributed by atoms with Gasteiger partial charge in [-0.1, -0.05) is 30.7 Å². The molecule has 0 spiro atoms. The van der Waals surface area contributed by atoms with E-state index in [4.69, 9.17) is 11.6 Å². The van der Waals surface area contributed by atoms with Gasteiger partial charge < -0.3 is 9.88 Å². The number of aromatic nitrogens is 3. The number of hydrogen-bond donors (Lipinski definition) is 1. The third-order valence-electron chi connectivity index (χ3n) is 5.20. The first-order valence-corrected chi connectivity index (χ1v) is 8.89. The summed E-state index contributed by atoms with van der Waals surface area (Å²) in [4.78, 5) is 13.0. The molecule has 4 rings (SSSR count). The van der Waals surface area contributed by atoms with Gasteiger partial charge in [-0.25, -0.2) is 0 Å². The first-order valence-electron chi connectivity index (χ1n) is 8.51. The maximum atomic E-state index is 13.0. The molecule has 5 nitrogen and oxygen atoms in total. The van der Waals surface area contributed by atoms with Crippen LogP contribution in [-0.4, -0.2) is 20.7 Å². The van der Waals surface area contributed by atoms with Crippen molar-refractivity contribution in [1.29, 1.82) is 0 Å². The molecule has 0 radical (unpaired) electrons. The van der Waals surface area contributed by atoms with Gasteiger partial charge in [-0.2, -0.15) is 0 Å². The Labute approximate surface area is 146 Å². The quantitative estimate of drug-likeness (QED) is 0.905. The molecule has 126 valence electrons. The molecule has 1 N–H and O–H groups in total. The van der Waals surface area contributed by atoms with Gasteiger partial charge in [0.05, 0.1) is 12.0 Å². The average molecular weight is 345 g/mol. The number of carbonyl (C=O) groups excluding carboxylic acids is 1. The largest absolute Gasteiger partial charge is 0.348 e. The van der Waals surface area contributed by atoms with E-state index in [0.717, 1.165) is 24.2 Å². The second-order valence-corrected chi connectivity index (χ2v) is 7.61. The summed E-state index contributed by atoms with van der Waals surface area (Å²) < 4.78 is 2.08. The van der Waals surface area contributed by atoms with Gasteiger partial charge in [-0.3, -0.25) is 4.79 Å². The first-order chi connectivity index (χ1) is 11.6. The van der Waals surface area contributed by atoms with E-state index in [1.165, 1.54) is 12.8 Å². The Morgan fingerprint density at radius 2 is 2.21 bits per heavy atom. The van der Waals surface area contributed by atoms with Crippen molar-refractivity contribution in [2.75, 3.05) is 0 Å². The molecule has 6 heteroatoms. The molecular formula is C18H21ClN4O. The van der Waals surface area contributed by atoms with Crippen molar-refractivity contribution in [3.05, 3.63) is 47.0 Å². The number of rotatable bonds is 5. The van der Waals surface area contributed by atoms with Crippen LogP contribution in [0.15, 0.2) is 30.6 Å². The molecule has 1 heterocycles. The summed E-state index contributed by atoms with van der Waals surface area (Å²) in [7, 11) is 0. The molecule has 1 aromatic heterocycles. The molecular weight excluding hydrogens is 324 g/mol. The Kier molecular flexibility index (Phi) is 3.83. The van der Waals surface area contributed by atoms with Crippen LogP contribution >= 0.6 is 11.6 Å². The second-order valence-electron chi connectivity index (χ2n) is 7.17. The van der Waals surface area contributed by atoms with Crippen LogP contribution in [0.2, 0.25) is 5.02 Å². The van der Waals surface area contributed by atoms with Crippen molar-refractivity contribution in [2.24, 2.45) is 5.92 Å². The highest BCUT2D eigenvalue weighted by Gasteiger charge is 2.49. The third kappa shape index (κ3) is 2.71. The van der Waals surface area contributed by atoms with Crippen LogP contribution in [0.25, 0.3) is 0 Å². The van der Waals surface area contributed by atoms with E-state index < -0.39 is 5.41 Å². The van der Waals surface area contributed by atoms with E-state index in [9.17, 15) is 4.79 Å². The van der Waals surface area contributed by atoms with E-state index in [2.05, 4.69) is 27.0 Å². The van der Waals surface area contributed by atoms with Crippen molar-refractivity contribution < 1.29 is 4.79 Å². The summed E-state index contributed by atoms with van der Waals surface area (Å²) in [5.41, 5.74) is 0.545. The summed E-state index contributed by atoms with van der Waals surface area (Å²) in [6, 6.07) is 8.19. The molecule has 0 saturated heterocycles. The number of halogens is 1. The van der Waals surface area contributed by atoms with Crippen molar-refractivity contribution in [2.45, 2.75) is 50.6 Å². The topological polar surface area (TPSA) is 59.8 Å². The van der Waals surface area contributed by atoms with Crippen LogP contribution in [0.5, 0.6) is 0 Å². The molecule has 2 aliphatic rings. The lowest BCUT2D eigenvalue weighted by Crippen LogP contribution is -2.52. The second kappa shape index (κ2) is 5.88.